The molecule has 0 aliphatic rings. The second-order valence-electron chi connectivity index (χ2n) is 5.84. The van der Waals surface area contributed by atoms with Gasteiger partial charge in [0, 0.05) is 17.2 Å². The Labute approximate surface area is 158 Å². The maximum atomic E-state index is 12.2. The fraction of sp³-hybridized carbons (Fsp3) is 0.300. The van der Waals surface area contributed by atoms with Crippen molar-refractivity contribution in [1.82, 2.24) is 5.43 Å². The van der Waals surface area contributed by atoms with Crippen LogP contribution in [0.25, 0.3) is 0 Å². The first-order chi connectivity index (χ1) is 13.0. The molecule has 27 heavy (non-hydrogen) atoms. The second kappa shape index (κ2) is 9.47. The lowest BCUT2D eigenvalue weighted by Gasteiger charge is -2.11. The van der Waals surface area contributed by atoms with Gasteiger partial charge in [0.2, 0.25) is 0 Å². The van der Waals surface area contributed by atoms with E-state index in [4.69, 9.17) is 18.9 Å². The summed E-state index contributed by atoms with van der Waals surface area (Å²) in [5.41, 5.74) is 3.60. The monoisotopic (exact) mass is 372 g/mol. The van der Waals surface area contributed by atoms with Crippen molar-refractivity contribution in [3.63, 3.8) is 0 Å². The number of carbonyl (C=O) groups excluding carboxylic acids is 1. The van der Waals surface area contributed by atoms with E-state index in [9.17, 15) is 4.79 Å². The summed E-state index contributed by atoms with van der Waals surface area (Å²) < 4.78 is 21.4. The van der Waals surface area contributed by atoms with Crippen molar-refractivity contribution in [2.75, 3.05) is 21.3 Å². The van der Waals surface area contributed by atoms with E-state index in [1.165, 1.54) is 13.3 Å². The standard InChI is InChI=1S/C20H24N2O5/c1-13(2)27-16-8-6-14(7-9-16)20(23)22-21-12-15-10-18(25-4)19(26-5)11-17(15)24-3/h6-13H,1-5H3,(H,22,23)/b21-12-. The van der Waals surface area contributed by atoms with Crippen molar-refractivity contribution in [2.45, 2.75) is 20.0 Å². The summed E-state index contributed by atoms with van der Waals surface area (Å²) in [6, 6.07) is 10.3. The smallest absolute Gasteiger partial charge is 0.271 e. The first kappa shape index (κ1) is 20.1. The normalized spacial score (nSPS) is 10.7. The number of carbonyl (C=O) groups is 1. The molecule has 2 rings (SSSR count). The van der Waals surface area contributed by atoms with Gasteiger partial charge in [0.1, 0.15) is 11.5 Å². The van der Waals surface area contributed by atoms with Crippen LogP contribution in [0.3, 0.4) is 0 Å². The Hall–Kier alpha value is -3.22. The molecule has 2 aromatic carbocycles. The average molecular weight is 372 g/mol. The first-order valence-electron chi connectivity index (χ1n) is 8.38. The van der Waals surface area contributed by atoms with E-state index in [1.807, 2.05) is 13.8 Å². The molecule has 7 heteroatoms. The van der Waals surface area contributed by atoms with E-state index < -0.39 is 0 Å². The van der Waals surface area contributed by atoms with Crippen LogP contribution in [0.15, 0.2) is 41.5 Å². The van der Waals surface area contributed by atoms with Crippen LogP contribution < -0.4 is 24.4 Å². The van der Waals surface area contributed by atoms with Crippen LogP contribution in [-0.4, -0.2) is 39.6 Å². The molecule has 7 nitrogen and oxygen atoms in total. The number of methoxy groups -OCH3 is 3. The Morgan fingerprint density at radius 2 is 1.56 bits per heavy atom. The summed E-state index contributed by atoms with van der Waals surface area (Å²) in [4.78, 5) is 12.2. The maximum Gasteiger partial charge on any atom is 0.271 e. The molecule has 0 aromatic heterocycles. The van der Waals surface area contributed by atoms with E-state index in [0.29, 0.717) is 34.1 Å². The predicted molar refractivity (Wildman–Crippen MR) is 103 cm³/mol. The maximum absolute atomic E-state index is 12.2. The Morgan fingerprint density at radius 3 is 2.11 bits per heavy atom. The highest BCUT2D eigenvalue weighted by molar-refractivity contribution is 5.95. The Morgan fingerprint density at radius 1 is 0.963 bits per heavy atom. The Kier molecular flexibility index (Phi) is 7.05. The number of rotatable bonds is 8. The number of benzene rings is 2. The van der Waals surface area contributed by atoms with Crippen LogP contribution in [0.4, 0.5) is 0 Å². The topological polar surface area (TPSA) is 78.4 Å². The number of hydrazone groups is 1. The van der Waals surface area contributed by atoms with E-state index in [1.54, 1.807) is 50.6 Å². The van der Waals surface area contributed by atoms with Crippen LogP contribution in [0.2, 0.25) is 0 Å². The van der Waals surface area contributed by atoms with E-state index in [-0.39, 0.29) is 12.0 Å². The van der Waals surface area contributed by atoms with Gasteiger partial charge >= 0.3 is 0 Å². The van der Waals surface area contributed by atoms with Crippen LogP contribution in [0.5, 0.6) is 23.0 Å². The molecule has 2 aromatic rings. The van der Waals surface area contributed by atoms with Crippen LogP contribution in [0.1, 0.15) is 29.8 Å². The third kappa shape index (κ3) is 5.37. The van der Waals surface area contributed by atoms with E-state index in [2.05, 4.69) is 10.5 Å². The second-order valence-corrected chi connectivity index (χ2v) is 5.84. The van der Waals surface area contributed by atoms with Gasteiger partial charge in [-0.15, -0.1) is 0 Å². The minimum Gasteiger partial charge on any atom is -0.496 e. The lowest BCUT2D eigenvalue weighted by molar-refractivity contribution is 0.0955. The molecule has 0 spiro atoms. The molecule has 0 atom stereocenters. The predicted octanol–water partition coefficient (Wildman–Crippen LogP) is 3.26. The molecular weight excluding hydrogens is 348 g/mol. The summed E-state index contributed by atoms with van der Waals surface area (Å²) in [7, 11) is 4.63. The molecule has 0 saturated heterocycles. The highest BCUT2D eigenvalue weighted by Crippen LogP contribution is 2.33. The van der Waals surface area contributed by atoms with Crippen molar-refractivity contribution in [1.29, 1.82) is 0 Å². The third-order valence-corrected chi connectivity index (χ3v) is 3.59. The van der Waals surface area contributed by atoms with Gasteiger partial charge in [0.15, 0.2) is 11.5 Å². The van der Waals surface area contributed by atoms with Crippen molar-refractivity contribution in [3.05, 3.63) is 47.5 Å². The molecule has 0 radical (unpaired) electrons. The first-order valence-corrected chi connectivity index (χ1v) is 8.38. The Bertz CT molecular complexity index is 801. The van der Waals surface area contributed by atoms with Gasteiger partial charge in [-0.1, -0.05) is 0 Å². The zero-order valence-corrected chi connectivity index (χ0v) is 16.1. The van der Waals surface area contributed by atoms with Crippen LogP contribution >= 0.6 is 0 Å². The molecule has 0 saturated carbocycles. The molecule has 1 N–H and O–H groups in total. The van der Waals surface area contributed by atoms with E-state index in [0.717, 1.165) is 0 Å². The van der Waals surface area contributed by atoms with Gasteiger partial charge in [0.05, 0.1) is 33.6 Å². The summed E-state index contributed by atoms with van der Waals surface area (Å²) in [6.45, 7) is 3.88. The average Bonchev–Trinajstić information content (AvgIpc) is 2.67. The number of amides is 1. The highest BCUT2D eigenvalue weighted by atomic mass is 16.5. The largest absolute Gasteiger partial charge is 0.496 e. The van der Waals surface area contributed by atoms with Gasteiger partial charge in [-0.25, -0.2) is 5.43 Å². The summed E-state index contributed by atoms with van der Waals surface area (Å²) in [5.74, 6) is 1.99. The minimum absolute atomic E-state index is 0.0748. The quantitative estimate of drug-likeness (QED) is 0.568. The fourth-order valence-electron chi connectivity index (χ4n) is 2.34. The summed E-state index contributed by atoms with van der Waals surface area (Å²) >= 11 is 0. The van der Waals surface area contributed by atoms with Crippen molar-refractivity contribution >= 4 is 12.1 Å². The third-order valence-electron chi connectivity index (χ3n) is 3.59. The zero-order chi connectivity index (χ0) is 19.8. The van der Waals surface area contributed by atoms with Crippen molar-refractivity contribution < 1.29 is 23.7 Å². The Balaban J connectivity index is 2.09. The number of ether oxygens (including phenoxy) is 4. The molecule has 1 amide bonds. The molecule has 0 fully saturated rings. The van der Waals surface area contributed by atoms with Gasteiger partial charge < -0.3 is 18.9 Å². The van der Waals surface area contributed by atoms with Crippen molar-refractivity contribution in [2.24, 2.45) is 5.10 Å². The summed E-state index contributed by atoms with van der Waals surface area (Å²) in [5, 5.41) is 4.00. The van der Waals surface area contributed by atoms with Gasteiger partial charge in [-0.05, 0) is 44.2 Å². The van der Waals surface area contributed by atoms with Crippen molar-refractivity contribution in [3.8, 4) is 23.0 Å². The highest BCUT2D eigenvalue weighted by Gasteiger charge is 2.11. The molecule has 0 bridgehead atoms. The molecule has 0 aliphatic heterocycles. The van der Waals surface area contributed by atoms with Gasteiger partial charge in [-0.2, -0.15) is 5.10 Å². The SMILES string of the molecule is COc1cc(OC)c(OC)cc1/C=N\NC(=O)c1ccc(OC(C)C)cc1. The number of nitrogens with one attached hydrogen (secondary N) is 1. The number of nitrogens with zero attached hydrogens (tertiary/aromatic N) is 1. The molecule has 0 unspecified atom stereocenters. The van der Waals surface area contributed by atoms with E-state index >= 15 is 0 Å². The minimum atomic E-state index is -0.332. The van der Waals surface area contributed by atoms with Crippen LogP contribution in [0, 0.1) is 0 Å². The van der Waals surface area contributed by atoms with Gasteiger partial charge in [-0.3, -0.25) is 4.79 Å². The van der Waals surface area contributed by atoms with Crippen LogP contribution in [-0.2, 0) is 0 Å². The molecule has 0 aliphatic carbocycles. The number of hydrogen-bond donors (Lipinski definition) is 1. The lowest BCUT2D eigenvalue weighted by Crippen LogP contribution is -2.17. The molecular formula is C20H24N2O5. The van der Waals surface area contributed by atoms with Gasteiger partial charge in [0.25, 0.3) is 5.91 Å². The molecule has 0 heterocycles. The summed E-state index contributed by atoms with van der Waals surface area (Å²) in [6.07, 6.45) is 1.56. The number of hydrogen-bond acceptors (Lipinski definition) is 6. The molecule has 144 valence electrons. The fourth-order valence-corrected chi connectivity index (χ4v) is 2.34. The zero-order valence-electron chi connectivity index (χ0n) is 16.1. The lowest BCUT2D eigenvalue weighted by atomic mass is 10.2.